The van der Waals surface area contributed by atoms with E-state index in [1.807, 2.05) is 0 Å². The lowest BCUT2D eigenvalue weighted by Gasteiger charge is -2.05. The molecule has 2 aromatic rings. The predicted octanol–water partition coefficient (Wildman–Crippen LogP) is 0.961. The van der Waals surface area contributed by atoms with E-state index in [0.29, 0.717) is 17.8 Å². The molecule has 1 aromatic carbocycles. The van der Waals surface area contributed by atoms with Crippen LogP contribution in [0.2, 0.25) is 0 Å². The highest BCUT2D eigenvalue weighted by atomic mass is 16.4. The Labute approximate surface area is 115 Å². The molecular weight excluding hydrogens is 258 g/mol. The first-order chi connectivity index (χ1) is 9.58. The van der Waals surface area contributed by atoms with Crippen LogP contribution in [0, 0.1) is 0 Å². The normalized spacial score (nSPS) is 11.3. The molecule has 0 bridgehead atoms. The van der Waals surface area contributed by atoms with Crippen molar-refractivity contribution in [2.45, 2.75) is 6.42 Å². The SMILES string of the molecule is Cn1cnc(C(=O)Nc2ccc(C/C(N)=N/O)cc2)c1. The van der Waals surface area contributed by atoms with Gasteiger partial charge in [0.05, 0.1) is 6.33 Å². The van der Waals surface area contributed by atoms with E-state index in [9.17, 15) is 4.79 Å². The quantitative estimate of drug-likeness (QED) is 0.334. The second-order valence-electron chi connectivity index (χ2n) is 4.34. The van der Waals surface area contributed by atoms with Crippen LogP contribution < -0.4 is 11.1 Å². The number of nitrogens with zero attached hydrogens (tertiary/aromatic N) is 3. The first kappa shape index (κ1) is 13.6. The Bertz CT molecular complexity index is 630. The molecule has 1 heterocycles. The number of hydrogen-bond donors (Lipinski definition) is 3. The van der Waals surface area contributed by atoms with Gasteiger partial charge in [0.25, 0.3) is 5.91 Å². The summed E-state index contributed by atoms with van der Waals surface area (Å²) in [6, 6.07) is 7.10. The molecule has 4 N–H and O–H groups in total. The molecule has 7 heteroatoms. The summed E-state index contributed by atoms with van der Waals surface area (Å²) in [5.74, 6) is -0.134. The first-order valence-electron chi connectivity index (χ1n) is 5.93. The number of nitrogens with one attached hydrogen (secondary N) is 1. The molecule has 104 valence electrons. The van der Waals surface area contributed by atoms with Crippen LogP contribution in [0.25, 0.3) is 0 Å². The topological polar surface area (TPSA) is 106 Å². The molecule has 0 atom stereocenters. The number of carbonyl (C=O) groups excluding carboxylic acids is 1. The largest absolute Gasteiger partial charge is 0.409 e. The molecule has 1 aromatic heterocycles. The summed E-state index contributed by atoms with van der Waals surface area (Å²) in [7, 11) is 1.80. The van der Waals surface area contributed by atoms with E-state index in [0.717, 1.165) is 5.56 Å². The highest BCUT2D eigenvalue weighted by molar-refractivity contribution is 6.02. The minimum absolute atomic E-state index is 0.135. The van der Waals surface area contributed by atoms with Crippen molar-refractivity contribution >= 4 is 17.4 Å². The average molecular weight is 273 g/mol. The molecule has 7 nitrogen and oxygen atoms in total. The van der Waals surface area contributed by atoms with Crippen molar-refractivity contribution in [3.63, 3.8) is 0 Å². The number of nitrogens with two attached hydrogens (primary N) is 1. The molecule has 0 radical (unpaired) electrons. The number of amides is 1. The van der Waals surface area contributed by atoms with Gasteiger partial charge >= 0.3 is 0 Å². The van der Waals surface area contributed by atoms with Crippen LogP contribution in [0.4, 0.5) is 5.69 Å². The monoisotopic (exact) mass is 273 g/mol. The van der Waals surface area contributed by atoms with Gasteiger partial charge in [-0.05, 0) is 17.7 Å². The highest BCUT2D eigenvalue weighted by Gasteiger charge is 2.08. The summed E-state index contributed by atoms with van der Waals surface area (Å²) >= 11 is 0. The zero-order valence-electron chi connectivity index (χ0n) is 10.9. The minimum atomic E-state index is -0.269. The van der Waals surface area contributed by atoms with Crippen LogP contribution in [0.15, 0.2) is 41.9 Å². The lowest BCUT2D eigenvalue weighted by atomic mass is 10.1. The van der Waals surface area contributed by atoms with Gasteiger partial charge in [0.15, 0.2) is 0 Å². The van der Waals surface area contributed by atoms with Gasteiger partial charge in [0, 0.05) is 25.4 Å². The predicted molar refractivity (Wildman–Crippen MR) is 74.7 cm³/mol. The zero-order valence-corrected chi connectivity index (χ0v) is 10.9. The van der Waals surface area contributed by atoms with Crippen LogP contribution in [0.1, 0.15) is 16.1 Å². The van der Waals surface area contributed by atoms with Gasteiger partial charge in [-0.15, -0.1) is 0 Å². The van der Waals surface area contributed by atoms with Gasteiger partial charge in [0.2, 0.25) is 0 Å². The number of amidine groups is 1. The van der Waals surface area contributed by atoms with E-state index in [1.165, 1.54) is 0 Å². The Kier molecular flexibility index (Phi) is 3.99. The fraction of sp³-hybridized carbons (Fsp3) is 0.154. The average Bonchev–Trinajstić information content (AvgIpc) is 2.87. The summed E-state index contributed by atoms with van der Waals surface area (Å²) in [5, 5.41) is 14.1. The Hall–Kier alpha value is -2.83. The number of hydrogen-bond acceptors (Lipinski definition) is 4. The Morgan fingerprint density at radius 2 is 2.15 bits per heavy atom. The summed E-state index contributed by atoms with van der Waals surface area (Å²) in [5.41, 5.74) is 7.32. The second kappa shape index (κ2) is 5.87. The summed E-state index contributed by atoms with van der Waals surface area (Å²) in [4.78, 5) is 15.8. The number of anilines is 1. The fourth-order valence-electron chi connectivity index (χ4n) is 1.68. The van der Waals surface area contributed by atoms with Crippen molar-refractivity contribution in [2.75, 3.05) is 5.32 Å². The van der Waals surface area contributed by atoms with Crippen LogP contribution in [0.5, 0.6) is 0 Å². The van der Waals surface area contributed by atoms with E-state index in [2.05, 4.69) is 15.5 Å². The maximum Gasteiger partial charge on any atom is 0.275 e. The maximum absolute atomic E-state index is 11.9. The number of rotatable bonds is 4. The fourth-order valence-corrected chi connectivity index (χ4v) is 1.68. The van der Waals surface area contributed by atoms with E-state index >= 15 is 0 Å². The third kappa shape index (κ3) is 3.35. The van der Waals surface area contributed by atoms with Gasteiger partial charge in [-0.3, -0.25) is 4.79 Å². The van der Waals surface area contributed by atoms with Crippen LogP contribution in [0.3, 0.4) is 0 Å². The molecule has 0 spiro atoms. The maximum atomic E-state index is 11.9. The van der Waals surface area contributed by atoms with E-state index in [-0.39, 0.29) is 11.7 Å². The molecule has 2 rings (SSSR count). The molecule has 0 unspecified atom stereocenters. The minimum Gasteiger partial charge on any atom is -0.409 e. The smallest absolute Gasteiger partial charge is 0.275 e. The zero-order chi connectivity index (χ0) is 14.5. The molecule has 0 fully saturated rings. The molecule has 20 heavy (non-hydrogen) atoms. The number of benzene rings is 1. The third-order valence-electron chi connectivity index (χ3n) is 2.66. The molecule has 0 saturated carbocycles. The van der Waals surface area contributed by atoms with Crippen LogP contribution >= 0.6 is 0 Å². The van der Waals surface area contributed by atoms with Crippen molar-refractivity contribution in [1.82, 2.24) is 9.55 Å². The Balaban J connectivity index is 2.02. The standard InChI is InChI=1S/C13H15N5O2/c1-18-7-11(15-8-18)13(19)16-10-4-2-9(3-5-10)6-12(14)17-20/h2-5,7-8,20H,6H2,1H3,(H2,14,17)(H,16,19). The van der Waals surface area contributed by atoms with Crippen molar-refractivity contribution < 1.29 is 10.0 Å². The van der Waals surface area contributed by atoms with Gasteiger partial charge in [0.1, 0.15) is 11.5 Å². The summed E-state index contributed by atoms with van der Waals surface area (Å²) in [6.07, 6.45) is 3.56. The number of carbonyl (C=O) groups is 1. The first-order valence-corrected chi connectivity index (χ1v) is 5.93. The summed E-state index contributed by atoms with van der Waals surface area (Å²) < 4.78 is 1.70. The van der Waals surface area contributed by atoms with Gasteiger partial charge in [-0.1, -0.05) is 17.3 Å². The van der Waals surface area contributed by atoms with Crippen molar-refractivity contribution in [2.24, 2.45) is 17.9 Å². The Morgan fingerprint density at radius 3 is 2.70 bits per heavy atom. The molecular formula is C13H15N5O2. The second-order valence-corrected chi connectivity index (χ2v) is 4.34. The van der Waals surface area contributed by atoms with Crippen molar-refractivity contribution in [3.8, 4) is 0 Å². The number of aromatic nitrogens is 2. The van der Waals surface area contributed by atoms with Crippen molar-refractivity contribution in [1.29, 1.82) is 0 Å². The number of oxime groups is 1. The molecule has 1 amide bonds. The van der Waals surface area contributed by atoms with E-state index in [1.54, 1.807) is 48.4 Å². The molecule has 0 aliphatic rings. The van der Waals surface area contributed by atoms with E-state index < -0.39 is 0 Å². The van der Waals surface area contributed by atoms with Crippen molar-refractivity contribution in [3.05, 3.63) is 48.0 Å². The lowest BCUT2D eigenvalue weighted by Crippen LogP contribution is -2.15. The van der Waals surface area contributed by atoms with Crippen LogP contribution in [-0.4, -0.2) is 26.5 Å². The molecule has 0 saturated heterocycles. The molecule has 0 aliphatic heterocycles. The Morgan fingerprint density at radius 1 is 1.45 bits per heavy atom. The van der Waals surface area contributed by atoms with Gasteiger partial charge < -0.3 is 20.8 Å². The number of imidazole rings is 1. The van der Waals surface area contributed by atoms with Gasteiger partial charge in [-0.2, -0.15) is 0 Å². The summed E-state index contributed by atoms with van der Waals surface area (Å²) in [6.45, 7) is 0. The lowest BCUT2D eigenvalue weighted by molar-refractivity contribution is 0.102. The molecule has 0 aliphatic carbocycles. The third-order valence-corrected chi connectivity index (χ3v) is 2.66. The van der Waals surface area contributed by atoms with E-state index in [4.69, 9.17) is 10.9 Å². The number of aryl methyl sites for hydroxylation is 1. The highest BCUT2D eigenvalue weighted by Crippen LogP contribution is 2.11. The van der Waals surface area contributed by atoms with Crippen LogP contribution in [-0.2, 0) is 13.5 Å². The van der Waals surface area contributed by atoms with Gasteiger partial charge in [-0.25, -0.2) is 4.98 Å².